The summed E-state index contributed by atoms with van der Waals surface area (Å²) in [6.07, 6.45) is -3.11. The summed E-state index contributed by atoms with van der Waals surface area (Å²) in [4.78, 5) is 38.7. The number of halogens is 5. The van der Waals surface area contributed by atoms with Crippen molar-refractivity contribution in [2.24, 2.45) is 0 Å². The molecular formula is C28H21BrClF3N2O5S. The maximum atomic E-state index is 13.0. The van der Waals surface area contributed by atoms with Gasteiger partial charge in [0, 0.05) is 10.7 Å². The molecular weight excluding hydrogens is 649 g/mol. The standard InChI is InChI=1S/C28H21BrClF3N2O5S/c1-2-39-22-11-17(10-21(29)25(22)40-15-16-6-8-19(30)9-7-16)12-23-26(37)35(27(38)41-23)14-24(36)34-20-5-3-4-18(13-20)28(31,32)33/h3-13H,2,14-15H2,1H3,(H,34,36)/b23-12-. The van der Waals surface area contributed by atoms with Gasteiger partial charge in [0.25, 0.3) is 11.1 Å². The molecule has 3 aromatic carbocycles. The Labute approximate surface area is 250 Å². The second-order valence-corrected chi connectivity index (χ2v) is 10.9. The molecule has 1 heterocycles. The molecule has 1 N–H and O–H groups in total. The van der Waals surface area contributed by atoms with Crippen LogP contribution in [0, 0.1) is 0 Å². The minimum atomic E-state index is -4.59. The Morgan fingerprint density at radius 3 is 2.51 bits per heavy atom. The number of benzene rings is 3. The van der Waals surface area contributed by atoms with E-state index in [1.54, 1.807) is 31.2 Å². The van der Waals surface area contributed by atoms with E-state index < -0.39 is 35.3 Å². The summed E-state index contributed by atoms with van der Waals surface area (Å²) in [6, 6.07) is 14.6. The first-order chi connectivity index (χ1) is 19.4. The summed E-state index contributed by atoms with van der Waals surface area (Å²) in [7, 11) is 0. The van der Waals surface area contributed by atoms with Gasteiger partial charge in [-0.15, -0.1) is 0 Å². The predicted octanol–water partition coefficient (Wildman–Crippen LogP) is 7.77. The lowest BCUT2D eigenvalue weighted by molar-refractivity contribution is -0.137. The average molecular weight is 670 g/mol. The van der Waals surface area contributed by atoms with Gasteiger partial charge in [0.15, 0.2) is 11.5 Å². The Balaban J connectivity index is 1.47. The molecule has 0 spiro atoms. The SMILES string of the molecule is CCOc1cc(/C=C2\SC(=O)N(CC(=O)Nc3cccc(C(F)(F)F)c3)C2=O)cc(Br)c1OCc1ccc(Cl)cc1. The zero-order valence-electron chi connectivity index (χ0n) is 21.3. The normalized spacial score (nSPS) is 14.5. The van der Waals surface area contributed by atoms with E-state index in [4.69, 9.17) is 21.1 Å². The van der Waals surface area contributed by atoms with Crippen molar-refractivity contribution in [3.8, 4) is 11.5 Å². The fraction of sp³-hybridized carbons (Fsp3) is 0.179. The van der Waals surface area contributed by atoms with Crippen molar-refractivity contribution in [2.75, 3.05) is 18.5 Å². The van der Waals surface area contributed by atoms with Crippen LogP contribution in [0.3, 0.4) is 0 Å². The van der Waals surface area contributed by atoms with Crippen molar-refractivity contribution >= 4 is 68.1 Å². The van der Waals surface area contributed by atoms with E-state index in [0.29, 0.717) is 44.9 Å². The number of nitrogens with one attached hydrogen (secondary N) is 1. The van der Waals surface area contributed by atoms with Gasteiger partial charge in [-0.3, -0.25) is 19.3 Å². The van der Waals surface area contributed by atoms with Gasteiger partial charge in [-0.25, -0.2) is 0 Å². The molecule has 0 atom stereocenters. The highest BCUT2D eigenvalue weighted by Crippen LogP contribution is 2.40. The van der Waals surface area contributed by atoms with E-state index in [2.05, 4.69) is 21.2 Å². The molecule has 0 aromatic heterocycles. The number of hydrogen-bond acceptors (Lipinski definition) is 6. The summed E-state index contributed by atoms with van der Waals surface area (Å²) < 4.78 is 51.1. The second kappa shape index (κ2) is 13.0. The van der Waals surface area contributed by atoms with Gasteiger partial charge in [-0.2, -0.15) is 13.2 Å². The lowest BCUT2D eigenvalue weighted by atomic mass is 10.1. The quantitative estimate of drug-likeness (QED) is 0.235. The van der Waals surface area contributed by atoms with Gasteiger partial charge in [0.2, 0.25) is 5.91 Å². The molecule has 7 nitrogen and oxygen atoms in total. The first-order valence-corrected chi connectivity index (χ1v) is 14.0. The first-order valence-electron chi connectivity index (χ1n) is 12.0. The minimum Gasteiger partial charge on any atom is -0.490 e. The largest absolute Gasteiger partial charge is 0.490 e. The summed E-state index contributed by atoms with van der Waals surface area (Å²) >= 11 is 10.1. The molecule has 0 unspecified atom stereocenters. The molecule has 41 heavy (non-hydrogen) atoms. The number of imide groups is 1. The van der Waals surface area contributed by atoms with Gasteiger partial charge >= 0.3 is 6.18 Å². The molecule has 0 aliphatic carbocycles. The number of anilines is 1. The third-order valence-electron chi connectivity index (χ3n) is 5.57. The van der Waals surface area contributed by atoms with Crippen LogP contribution in [0.25, 0.3) is 6.08 Å². The van der Waals surface area contributed by atoms with Crippen LogP contribution in [-0.4, -0.2) is 35.1 Å². The van der Waals surface area contributed by atoms with Crippen LogP contribution < -0.4 is 14.8 Å². The zero-order valence-corrected chi connectivity index (χ0v) is 24.4. The minimum absolute atomic E-state index is 0.0612. The third kappa shape index (κ3) is 7.84. The molecule has 4 rings (SSSR count). The monoisotopic (exact) mass is 668 g/mol. The smallest absolute Gasteiger partial charge is 0.416 e. The number of hydrogen-bond donors (Lipinski definition) is 1. The molecule has 13 heteroatoms. The van der Waals surface area contributed by atoms with E-state index in [-0.39, 0.29) is 17.2 Å². The highest BCUT2D eigenvalue weighted by Gasteiger charge is 2.36. The van der Waals surface area contributed by atoms with Crippen LogP contribution in [0.1, 0.15) is 23.6 Å². The number of ether oxygens (including phenoxy) is 2. The molecule has 0 bridgehead atoms. The van der Waals surface area contributed by atoms with Crippen molar-refractivity contribution in [1.82, 2.24) is 4.90 Å². The average Bonchev–Trinajstić information content (AvgIpc) is 3.16. The maximum absolute atomic E-state index is 13.0. The van der Waals surface area contributed by atoms with E-state index in [9.17, 15) is 27.6 Å². The Kier molecular flexibility index (Phi) is 9.67. The maximum Gasteiger partial charge on any atom is 0.416 e. The Morgan fingerprint density at radius 2 is 1.83 bits per heavy atom. The molecule has 1 aliphatic heterocycles. The molecule has 0 saturated carbocycles. The zero-order chi connectivity index (χ0) is 29.7. The van der Waals surface area contributed by atoms with Gasteiger partial charge in [-0.1, -0.05) is 29.8 Å². The van der Waals surface area contributed by atoms with Crippen LogP contribution in [0.15, 0.2) is 70.0 Å². The second-order valence-electron chi connectivity index (χ2n) is 8.57. The van der Waals surface area contributed by atoms with Crippen LogP contribution in [0.5, 0.6) is 11.5 Å². The summed E-state index contributed by atoms with van der Waals surface area (Å²) in [5.74, 6) is -0.687. The third-order valence-corrected chi connectivity index (χ3v) is 7.32. The highest BCUT2D eigenvalue weighted by molar-refractivity contribution is 9.10. The molecule has 3 amide bonds. The molecule has 0 radical (unpaired) electrons. The Hall–Kier alpha value is -3.48. The number of alkyl halides is 3. The summed E-state index contributed by atoms with van der Waals surface area (Å²) in [5.41, 5.74) is 0.360. The van der Waals surface area contributed by atoms with Crippen LogP contribution in [0.2, 0.25) is 5.02 Å². The molecule has 1 saturated heterocycles. The van der Waals surface area contributed by atoms with Gasteiger partial charge in [0.1, 0.15) is 13.2 Å². The van der Waals surface area contributed by atoms with Crippen LogP contribution in [-0.2, 0) is 22.4 Å². The van der Waals surface area contributed by atoms with Crippen LogP contribution >= 0.6 is 39.3 Å². The number of carbonyl (C=O) groups excluding carboxylic acids is 3. The molecule has 3 aromatic rings. The molecule has 1 fully saturated rings. The van der Waals surface area contributed by atoms with Crippen molar-refractivity contribution < 1.29 is 37.0 Å². The Bertz CT molecular complexity index is 1520. The number of rotatable bonds is 9. The first kappa shape index (κ1) is 30.5. The highest BCUT2D eigenvalue weighted by atomic mass is 79.9. The summed E-state index contributed by atoms with van der Waals surface area (Å²) in [5, 5.41) is 2.21. The number of carbonyl (C=O) groups is 3. The van der Waals surface area contributed by atoms with Crippen molar-refractivity contribution in [3.05, 3.63) is 91.8 Å². The number of thioether (sulfide) groups is 1. The van der Waals surface area contributed by atoms with E-state index in [1.165, 1.54) is 12.1 Å². The van der Waals surface area contributed by atoms with Gasteiger partial charge in [-0.05, 0) is 94.3 Å². The topological polar surface area (TPSA) is 84.9 Å². The fourth-order valence-corrected chi connectivity index (χ4v) is 5.25. The Morgan fingerprint density at radius 1 is 1.10 bits per heavy atom. The molecule has 214 valence electrons. The number of amides is 3. The number of nitrogens with zero attached hydrogens (tertiary/aromatic N) is 1. The fourth-order valence-electron chi connectivity index (χ4n) is 3.72. The van der Waals surface area contributed by atoms with E-state index >= 15 is 0 Å². The summed E-state index contributed by atoms with van der Waals surface area (Å²) in [6.45, 7) is 1.73. The predicted molar refractivity (Wildman–Crippen MR) is 154 cm³/mol. The van der Waals surface area contributed by atoms with Crippen LogP contribution in [0.4, 0.5) is 23.7 Å². The molecule has 1 aliphatic rings. The van der Waals surface area contributed by atoms with Crippen molar-refractivity contribution in [2.45, 2.75) is 19.7 Å². The lowest BCUT2D eigenvalue weighted by Gasteiger charge is -2.15. The van der Waals surface area contributed by atoms with E-state index in [1.807, 2.05) is 12.1 Å². The van der Waals surface area contributed by atoms with Gasteiger partial charge < -0.3 is 14.8 Å². The van der Waals surface area contributed by atoms with Crippen molar-refractivity contribution in [1.29, 1.82) is 0 Å². The van der Waals surface area contributed by atoms with Gasteiger partial charge in [0.05, 0.1) is 21.5 Å². The van der Waals surface area contributed by atoms with E-state index in [0.717, 1.165) is 28.7 Å². The van der Waals surface area contributed by atoms with Crippen molar-refractivity contribution in [3.63, 3.8) is 0 Å². The lowest BCUT2D eigenvalue weighted by Crippen LogP contribution is -2.36.